The summed E-state index contributed by atoms with van der Waals surface area (Å²) in [6, 6.07) is 0. The van der Waals surface area contributed by atoms with Crippen molar-refractivity contribution in [3.05, 3.63) is 18.0 Å². The van der Waals surface area contributed by atoms with Gasteiger partial charge >= 0.3 is 0 Å². The van der Waals surface area contributed by atoms with E-state index in [-0.39, 0.29) is 11.5 Å². The summed E-state index contributed by atoms with van der Waals surface area (Å²) in [6.45, 7) is 5.19. The number of aromatic nitrogens is 2. The molecule has 78 valence electrons. The molecule has 0 aromatic carbocycles. The second kappa shape index (κ2) is 3.39. The molecule has 1 aliphatic carbocycles. The fourth-order valence-corrected chi connectivity index (χ4v) is 1.75. The van der Waals surface area contributed by atoms with Crippen molar-refractivity contribution in [2.24, 2.45) is 5.41 Å². The second-order valence-corrected chi connectivity index (χ2v) is 4.59. The van der Waals surface area contributed by atoms with Crippen LogP contribution in [0, 0.1) is 5.41 Å². The van der Waals surface area contributed by atoms with Crippen molar-refractivity contribution in [3.63, 3.8) is 0 Å². The molecule has 14 heavy (non-hydrogen) atoms. The summed E-state index contributed by atoms with van der Waals surface area (Å²) in [5.74, 6) is 0. The van der Waals surface area contributed by atoms with Gasteiger partial charge in [0.1, 0.15) is 0 Å². The third-order valence-electron chi connectivity index (χ3n) is 3.12. The fourth-order valence-electron chi connectivity index (χ4n) is 1.75. The minimum absolute atomic E-state index is 0.125. The van der Waals surface area contributed by atoms with E-state index >= 15 is 0 Å². The van der Waals surface area contributed by atoms with Gasteiger partial charge in [-0.05, 0) is 24.7 Å². The first-order chi connectivity index (χ1) is 6.65. The Bertz CT molecular complexity index is 315. The molecule has 0 spiro atoms. The lowest BCUT2D eigenvalue weighted by atomic mass is 9.97. The molecule has 0 aliphatic heterocycles. The normalized spacial score (nSPS) is 20.8. The molecule has 1 unspecified atom stereocenters. The molecule has 1 aromatic heterocycles. The molecular formula is C11H18N2O. The fraction of sp³-hybridized carbons (Fsp3) is 0.727. The molecule has 0 amide bonds. The third-order valence-corrected chi connectivity index (χ3v) is 3.12. The number of rotatable bonds is 4. The zero-order valence-electron chi connectivity index (χ0n) is 8.90. The summed E-state index contributed by atoms with van der Waals surface area (Å²) in [6.07, 6.45) is 6.78. The predicted molar refractivity (Wildman–Crippen MR) is 54.8 cm³/mol. The quantitative estimate of drug-likeness (QED) is 0.797. The molecule has 1 N–H and O–H groups in total. The minimum Gasteiger partial charge on any atom is -0.388 e. The van der Waals surface area contributed by atoms with Crippen molar-refractivity contribution in [1.82, 2.24) is 9.78 Å². The lowest BCUT2D eigenvalue weighted by Gasteiger charge is -2.15. The van der Waals surface area contributed by atoms with Gasteiger partial charge in [-0.1, -0.05) is 13.8 Å². The van der Waals surface area contributed by atoms with Gasteiger partial charge in [-0.3, -0.25) is 4.68 Å². The highest BCUT2D eigenvalue weighted by atomic mass is 16.3. The predicted octanol–water partition coefficient (Wildman–Crippen LogP) is 2.13. The van der Waals surface area contributed by atoms with Gasteiger partial charge in [-0.25, -0.2) is 0 Å². The van der Waals surface area contributed by atoms with Gasteiger partial charge in [0.2, 0.25) is 0 Å². The molecule has 2 rings (SSSR count). The van der Waals surface area contributed by atoms with Crippen LogP contribution in [-0.2, 0) is 6.54 Å². The highest BCUT2D eigenvalue weighted by Gasteiger charge is 2.45. The van der Waals surface area contributed by atoms with Crippen molar-refractivity contribution in [2.45, 2.75) is 45.8 Å². The molecule has 3 heteroatoms. The second-order valence-electron chi connectivity index (χ2n) is 4.59. The van der Waals surface area contributed by atoms with Crippen LogP contribution < -0.4 is 0 Å². The van der Waals surface area contributed by atoms with Crippen molar-refractivity contribution >= 4 is 0 Å². The van der Waals surface area contributed by atoms with E-state index in [1.165, 1.54) is 0 Å². The van der Waals surface area contributed by atoms with Gasteiger partial charge in [-0.15, -0.1) is 0 Å². The Hall–Kier alpha value is -0.830. The lowest BCUT2D eigenvalue weighted by Crippen LogP contribution is -2.08. The van der Waals surface area contributed by atoms with E-state index in [0.717, 1.165) is 31.4 Å². The van der Waals surface area contributed by atoms with E-state index in [1.807, 2.05) is 10.9 Å². The van der Waals surface area contributed by atoms with Gasteiger partial charge in [-0.2, -0.15) is 5.10 Å². The van der Waals surface area contributed by atoms with Crippen LogP contribution in [0.2, 0.25) is 0 Å². The van der Waals surface area contributed by atoms with Gasteiger partial charge < -0.3 is 5.11 Å². The molecule has 1 fully saturated rings. The van der Waals surface area contributed by atoms with Crippen LogP contribution in [0.15, 0.2) is 12.4 Å². The van der Waals surface area contributed by atoms with Gasteiger partial charge in [0, 0.05) is 18.3 Å². The Morgan fingerprint density at radius 3 is 2.93 bits per heavy atom. The first kappa shape index (κ1) is 9.71. The molecule has 1 heterocycles. The Balaban J connectivity index is 2.08. The number of hydrogen-bond donors (Lipinski definition) is 1. The summed E-state index contributed by atoms with van der Waals surface area (Å²) < 4.78 is 1.91. The number of aliphatic hydroxyl groups excluding tert-OH is 1. The van der Waals surface area contributed by atoms with E-state index < -0.39 is 0 Å². The summed E-state index contributed by atoms with van der Waals surface area (Å²) >= 11 is 0. The van der Waals surface area contributed by atoms with E-state index in [1.54, 1.807) is 6.20 Å². The third kappa shape index (κ3) is 1.69. The number of nitrogens with zero attached hydrogens (tertiary/aromatic N) is 2. The molecule has 1 saturated carbocycles. The minimum atomic E-state index is -0.326. The molecule has 0 bridgehead atoms. The molecule has 1 atom stereocenters. The summed E-state index contributed by atoms with van der Waals surface area (Å²) in [5.41, 5.74) is 1.10. The molecule has 1 aromatic rings. The topological polar surface area (TPSA) is 38.0 Å². The zero-order valence-corrected chi connectivity index (χ0v) is 8.90. The highest BCUT2D eigenvalue weighted by Crippen LogP contribution is 2.54. The highest BCUT2D eigenvalue weighted by molar-refractivity contribution is 5.15. The summed E-state index contributed by atoms with van der Waals surface area (Å²) in [4.78, 5) is 0. The van der Waals surface area contributed by atoms with Gasteiger partial charge in [0.05, 0.1) is 12.3 Å². The van der Waals surface area contributed by atoms with E-state index in [0.29, 0.717) is 0 Å². The Morgan fingerprint density at radius 1 is 1.64 bits per heavy atom. The van der Waals surface area contributed by atoms with Crippen molar-refractivity contribution in [1.29, 1.82) is 0 Å². The summed E-state index contributed by atoms with van der Waals surface area (Å²) in [5, 5.41) is 14.3. The van der Waals surface area contributed by atoms with Crippen LogP contribution in [0.3, 0.4) is 0 Å². The lowest BCUT2D eigenvalue weighted by molar-refractivity contribution is 0.103. The molecule has 3 nitrogen and oxygen atoms in total. The van der Waals surface area contributed by atoms with Crippen LogP contribution in [0.1, 0.15) is 44.8 Å². The van der Waals surface area contributed by atoms with Crippen molar-refractivity contribution < 1.29 is 5.11 Å². The number of aryl methyl sites for hydroxylation is 1. The van der Waals surface area contributed by atoms with Crippen LogP contribution in [0.25, 0.3) is 0 Å². The Labute approximate surface area is 84.7 Å². The first-order valence-corrected chi connectivity index (χ1v) is 5.36. The largest absolute Gasteiger partial charge is 0.388 e. The van der Waals surface area contributed by atoms with Gasteiger partial charge in [0.15, 0.2) is 0 Å². The molecule has 0 radical (unpaired) electrons. The smallest absolute Gasteiger partial charge is 0.0873 e. The Morgan fingerprint density at radius 2 is 2.36 bits per heavy atom. The van der Waals surface area contributed by atoms with Gasteiger partial charge in [0.25, 0.3) is 0 Å². The van der Waals surface area contributed by atoms with E-state index in [9.17, 15) is 5.11 Å². The number of hydrogen-bond acceptors (Lipinski definition) is 2. The maximum atomic E-state index is 10.0. The first-order valence-electron chi connectivity index (χ1n) is 5.36. The van der Waals surface area contributed by atoms with Crippen LogP contribution in [-0.4, -0.2) is 14.9 Å². The zero-order chi connectivity index (χ0) is 10.2. The van der Waals surface area contributed by atoms with E-state index in [4.69, 9.17) is 0 Å². The van der Waals surface area contributed by atoms with Crippen LogP contribution in [0.4, 0.5) is 0 Å². The molecule has 1 aliphatic rings. The van der Waals surface area contributed by atoms with E-state index in [2.05, 4.69) is 18.9 Å². The number of aliphatic hydroxyl groups is 1. The maximum absolute atomic E-state index is 10.0. The van der Waals surface area contributed by atoms with Crippen molar-refractivity contribution in [2.75, 3.05) is 0 Å². The summed E-state index contributed by atoms with van der Waals surface area (Å²) in [7, 11) is 0. The molecular weight excluding hydrogens is 176 g/mol. The van der Waals surface area contributed by atoms with Crippen LogP contribution in [0.5, 0.6) is 0 Å². The Kier molecular flexibility index (Phi) is 2.35. The SMILES string of the molecule is CCCn1cc(C(O)C2(C)CC2)cn1. The average Bonchev–Trinajstić information content (AvgIpc) is 2.76. The average molecular weight is 194 g/mol. The maximum Gasteiger partial charge on any atom is 0.0873 e. The standard InChI is InChI=1S/C11H18N2O/c1-3-6-13-8-9(7-12-13)10(14)11(2)4-5-11/h7-8,10,14H,3-6H2,1-2H3. The van der Waals surface area contributed by atoms with Crippen LogP contribution >= 0.6 is 0 Å². The molecule has 0 saturated heterocycles. The van der Waals surface area contributed by atoms with Crippen molar-refractivity contribution in [3.8, 4) is 0 Å². The monoisotopic (exact) mass is 194 g/mol.